The second-order valence-electron chi connectivity index (χ2n) is 5.04. The molecule has 18 heavy (non-hydrogen) atoms. The normalized spacial score (nSPS) is 27.6. The number of carbonyl (C=O) groups is 1. The molecule has 0 aliphatic carbocycles. The van der Waals surface area contributed by atoms with Gasteiger partial charge in [0.15, 0.2) is 0 Å². The zero-order valence-electron chi connectivity index (χ0n) is 11.1. The smallest absolute Gasteiger partial charge is 0.273 e. The Morgan fingerprint density at radius 3 is 2.78 bits per heavy atom. The van der Waals surface area contributed by atoms with Crippen molar-refractivity contribution in [2.24, 2.45) is 5.92 Å². The molecule has 0 bridgehead atoms. The zero-order chi connectivity index (χ0) is 13.5. The van der Waals surface area contributed by atoms with Gasteiger partial charge in [-0.05, 0) is 13.8 Å². The number of carbonyl (C=O) groups excluding carboxylic acids is 1. The number of aromatic nitrogens is 1. The van der Waals surface area contributed by atoms with E-state index in [1.54, 1.807) is 18.7 Å². The quantitative estimate of drug-likeness (QED) is 0.880. The van der Waals surface area contributed by atoms with Crippen molar-refractivity contribution >= 4 is 17.2 Å². The number of β-amino-alcohol motifs (C(OH)–C–C–N with tert-alkyl or cyclic N) is 1. The van der Waals surface area contributed by atoms with E-state index in [-0.39, 0.29) is 11.8 Å². The molecule has 2 atom stereocenters. The first-order chi connectivity index (χ1) is 8.35. The molecule has 1 aliphatic heterocycles. The van der Waals surface area contributed by atoms with Gasteiger partial charge in [0.05, 0.1) is 18.4 Å². The topological polar surface area (TPSA) is 62.7 Å². The number of rotatable bonds is 2. The number of ether oxygens (including phenoxy) is 1. The second-order valence-corrected chi connectivity index (χ2v) is 6.00. The molecule has 0 aromatic carbocycles. The summed E-state index contributed by atoms with van der Waals surface area (Å²) in [5, 5.41) is 10.6. The summed E-state index contributed by atoms with van der Waals surface area (Å²) < 4.78 is 5.04. The van der Waals surface area contributed by atoms with Crippen molar-refractivity contribution in [3.8, 4) is 5.19 Å². The third-order valence-electron chi connectivity index (χ3n) is 3.50. The van der Waals surface area contributed by atoms with Crippen molar-refractivity contribution < 1.29 is 14.6 Å². The van der Waals surface area contributed by atoms with Crippen LogP contribution in [0.2, 0.25) is 0 Å². The molecule has 1 aromatic heterocycles. The van der Waals surface area contributed by atoms with Gasteiger partial charge in [0, 0.05) is 19.0 Å². The number of aliphatic hydroxyl groups is 1. The van der Waals surface area contributed by atoms with Gasteiger partial charge < -0.3 is 14.7 Å². The van der Waals surface area contributed by atoms with Crippen LogP contribution < -0.4 is 4.74 Å². The van der Waals surface area contributed by atoms with Gasteiger partial charge in [0.25, 0.3) is 11.1 Å². The lowest BCUT2D eigenvalue weighted by Gasteiger charge is -2.20. The van der Waals surface area contributed by atoms with Crippen LogP contribution in [0.1, 0.15) is 29.2 Å². The van der Waals surface area contributed by atoms with E-state index < -0.39 is 5.60 Å². The largest absolute Gasteiger partial charge is 0.473 e. The number of likely N-dealkylation sites (tertiary alicyclic amines) is 1. The summed E-state index contributed by atoms with van der Waals surface area (Å²) in [4.78, 5) is 18.8. The van der Waals surface area contributed by atoms with E-state index in [0.29, 0.717) is 28.9 Å². The van der Waals surface area contributed by atoms with Gasteiger partial charge in [-0.2, -0.15) is 0 Å². The number of thiazole rings is 1. The Kier molecular flexibility index (Phi) is 3.33. The van der Waals surface area contributed by atoms with Crippen LogP contribution in [-0.4, -0.2) is 46.7 Å². The lowest BCUT2D eigenvalue weighted by molar-refractivity contribution is 0.0352. The van der Waals surface area contributed by atoms with Crippen LogP contribution in [-0.2, 0) is 0 Å². The molecule has 0 radical (unpaired) electrons. The summed E-state index contributed by atoms with van der Waals surface area (Å²) >= 11 is 1.25. The van der Waals surface area contributed by atoms with Gasteiger partial charge in [0.1, 0.15) is 4.88 Å². The lowest BCUT2D eigenvalue weighted by atomic mass is 9.95. The molecule has 1 aromatic rings. The van der Waals surface area contributed by atoms with Crippen LogP contribution in [0.15, 0.2) is 0 Å². The molecule has 2 rings (SSSR count). The molecule has 5 nitrogen and oxygen atoms in total. The van der Waals surface area contributed by atoms with Crippen LogP contribution in [0.25, 0.3) is 0 Å². The summed E-state index contributed by atoms with van der Waals surface area (Å²) in [6.45, 7) is 6.46. The van der Waals surface area contributed by atoms with Crippen molar-refractivity contribution in [2.75, 3.05) is 20.2 Å². The van der Waals surface area contributed by atoms with Crippen LogP contribution in [0, 0.1) is 12.8 Å². The maximum atomic E-state index is 12.4. The number of nitrogens with zero attached hydrogens (tertiary/aromatic N) is 2. The van der Waals surface area contributed by atoms with Gasteiger partial charge in [-0.15, -0.1) is 0 Å². The van der Waals surface area contributed by atoms with Crippen molar-refractivity contribution in [2.45, 2.75) is 26.4 Å². The molecule has 1 fully saturated rings. The molecule has 1 aliphatic rings. The van der Waals surface area contributed by atoms with Crippen molar-refractivity contribution in [3.05, 3.63) is 10.6 Å². The minimum atomic E-state index is -0.807. The highest BCUT2D eigenvalue weighted by atomic mass is 32.1. The maximum Gasteiger partial charge on any atom is 0.273 e. The van der Waals surface area contributed by atoms with E-state index in [4.69, 9.17) is 4.74 Å². The highest BCUT2D eigenvalue weighted by Crippen LogP contribution is 2.31. The Morgan fingerprint density at radius 1 is 1.67 bits per heavy atom. The Labute approximate surface area is 110 Å². The Balaban J connectivity index is 2.20. The predicted octanol–water partition coefficient (Wildman–Crippen LogP) is 1.30. The van der Waals surface area contributed by atoms with Gasteiger partial charge in [-0.3, -0.25) is 4.79 Å². The predicted molar refractivity (Wildman–Crippen MR) is 69.1 cm³/mol. The number of hydrogen-bond donors (Lipinski definition) is 1. The van der Waals surface area contributed by atoms with Crippen LogP contribution in [0.3, 0.4) is 0 Å². The second kappa shape index (κ2) is 4.51. The van der Waals surface area contributed by atoms with Crippen LogP contribution >= 0.6 is 11.3 Å². The SMILES string of the molecule is COc1nc(C)c(C(=O)N2CC(C)C(C)(O)C2)s1. The number of methoxy groups -OCH3 is 1. The molecular weight excluding hydrogens is 252 g/mol. The monoisotopic (exact) mass is 270 g/mol. The van der Waals surface area contributed by atoms with E-state index in [1.807, 2.05) is 6.92 Å². The molecular formula is C12H18N2O3S. The highest BCUT2D eigenvalue weighted by molar-refractivity contribution is 7.15. The fourth-order valence-corrected chi connectivity index (χ4v) is 2.94. The van der Waals surface area contributed by atoms with Gasteiger partial charge >= 0.3 is 0 Å². The molecule has 2 unspecified atom stereocenters. The van der Waals surface area contributed by atoms with Gasteiger partial charge in [0.2, 0.25) is 0 Å². The minimum absolute atomic E-state index is 0.0714. The molecule has 1 N–H and O–H groups in total. The summed E-state index contributed by atoms with van der Waals surface area (Å²) in [5.41, 5.74) is -0.126. The Morgan fingerprint density at radius 2 is 2.33 bits per heavy atom. The first-order valence-electron chi connectivity index (χ1n) is 5.88. The Hall–Kier alpha value is -1.14. The van der Waals surface area contributed by atoms with Crippen LogP contribution in [0.5, 0.6) is 5.19 Å². The third-order valence-corrected chi connectivity index (χ3v) is 4.61. The zero-order valence-corrected chi connectivity index (χ0v) is 11.9. The van der Waals surface area contributed by atoms with Crippen molar-refractivity contribution in [1.82, 2.24) is 9.88 Å². The average Bonchev–Trinajstić information content (AvgIpc) is 2.79. The molecule has 1 saturated heterocycles. The van der Waals surface area contributed by atoms with E-state index >= 15 is 0 Å². The molecule has 2 heterocycles. The Bertz CT molecular complexity index is 470. The molecule has 6 heteroatoms. The van der Waals surface area contributed by atoms with Gasteiger partial charge in [-0.25, -0.2) is 4.98 Å². The lowest BCUT2D eigenvalue weighted by Crippen LogP contribution is -2.35. The fourth-order valence-electron chi connectivity index (χ4n) is 2.09. The van der Waals surface area contributed by atoms with Gasteiger partial charge in [-0.1, -0.05) is 18.3 Å². The van der Waals surface area contributed by atoms with E-state index in [0.717, 1.165) is 0 Å². The average molecular weight is 270 g/mol. The van der Waals surface area contributed by atoms with E-state index in [9.17, 15) is 9.90 Å². The van der Waals surface area contributed by atoms with E-state index in [2.05, 4.69) is 4.98 Å². The standard InChI is InChI=1S/C12H18N2O3S/c1-7-5-14(6-12(7,3)16)10(15)9-8(2)13-11(17-4)18-9/h7,16H,5-6H2,1-4H3. The molecule has 0 spiro atoms. The highest BCUT2D eigenvalue weighted by Gasteiger charge is 2.41. The maximum absolute atomic E-state index is 12.4. The van der Waals surface area contributed by atoms with E-state index in [1.165, 1.54) is 18.4 Å². The third kappa shape index (κ3) is 2.22. The number of amides is 1. The summed E-state index contributed by atoms with van der Waals surface area (Å²) in [5.74, 6) is 0.00879. The summed E-state index contributed by atoms with van der Waals surface area (Å²) in [7, 11) is 1.54. The number of aryl methyl sites for hydroxylation is 1. The number of hydrogen-bond acceptors (Lipinski definition) is 5. The summed E-state index contributed by atoms with van der Waals surface area (Å²) in [6, 6.07) is 0. The first kappa shape index (κ1) is 13.3. The minimum Gasteiger partial charge on any atom is -0.473 e. The van der Waals surface area contributed by atoms with Crippen molar-refractivity contribution in [1.29, 1.82) is 0 Å². The summed E-state index contributed by atoms with van der Waals surface area (Å²) in [6.07, 6.45) is 0. The molecule has 0 saturated carbocycles. The molecule has 1 amide bonds. The first-order valence-corrected chi connectivity index (χ1v) is 6.70. The van der Waals surface area contributed by atoms with Crippen LogP contribution in [0.4, 0.5) is 0 Å². The fraction of sp³-hybridized carbons (Fsp3) is 0.667. The molecule has 100 valence electrons. The van der Waals surface area contributed by atoms with Crippen molar-refractivity contribution in [3.63, 3.8) is 0 Å².